The van der Waals surface area contributed by atoms with E-state index in [4.69, 9.17) is 11.6 Å². The van der Waals surface area contributed by atoms with Gasteiger partial charge < -0.3 is 10.2 Å². The summed E-state index contributed by atoms with van der Waals surface area (Å²) in [7, 11) is 0. The topological polar surface area (TPSA) is 15.3 Å². The van der Waals surface area contributed by atoms with Crippen molar-refractivity contribution in [3.05, 3.63) is 58.9 Å². The third-order valence-electron chi connectivity index (χ3n) is 3.49. The number of halogens is 2. The van der Waals surface area contributed by atoms with E-state index in [1.807, 2.05) is 12.1 Å². The Kier molecular flexibility index (Phi) is 5.45. The van der Waals surface area contributed by atoms with Gasteiger partial charge in [-0.15, -0.1) is 0 Å². The molecule has 4 heteroatoms. The number of benzene rings is 2. The molecule has 0 heterocycles. The van der Waals surface area contributed by atoms with Gasteiger partial charge in [0.2, 0.25) is 0 Å². The van der Waals surface area contributed by atoms with Crippen molar-refractivity contribution < 1.29 is 4.39 Å². The van der Waals surface area contributed by atoms with Gasteiger partial charge in [0.15, 0.2) is 0 Å². The fourth-order valence-corrected chi connectivity index (χ4v) is 2.40. The average Bonchev–Trinajstić information content (AvgIpc) is 2.49. The number of anilines is 2. The Morgan fingerprint density at radius 3 is 2.29 bits per heavy atom. The zero-order chi connectivity index (χ0) is 15.2. The zero-order valence-corrected chi connectivity index (χ0v) is 13.1. The van der Waals surface area contributed by atoms with E-state index in [-0.39, 0.29) is 5.82 Å². The Morgan fingerprint density at radius 1 is 1.05 bits per heavy atom. The molecule has 2 aromatic rings. The largest absolute Gasteiger partial charge is 0.381 e. The van der Waals surface area contributed by atoms with E-state index in [1.165, 1.54) is 11.8 Å². The van der Waals surface area contributed by atoms with E-state index in [2.05, 4.69) is 36.2 Å². The number of nitrogens with zero attached hydrogens (tertiary/aromatic N) is 1. The molecule has 0 spiro atoms. The Balaban J connectivity index is 2.00. The van der Waals surface area contributed by atoms with Gasteiger partial charge in [-0.2, -0.15) is 0 Å². The lowest BCUT2D eigenvalue weighted by Gasteiger charge is -2.21. The molecule has 0 radical (unpaired) electrons. The van der Waals surface area contributed by atoms with Crippen molar-refractivity contribution in [2.45, 2.75) is 20.4 Å². The molecule has 0 aromatic heterocycles. The monoisotopic (exact) mass is 306 g/mol. The smallest absolute Gasteiger partial charge is 0.129 e. The predicted molar refractivity (Wildman–Crippen MR) is 88.7 cm³/mol. The first kappa shape index (κ1) is 15.6. The highest BCUT2D eigenvalue weighted by atomic mass is 35.5. The lowest BCUT2D eigenvalue weighted by molar-refractivity contribution is 0.613. The molecule has 0 saturated heterocycles. The second kappa shape index (κ2) is 7.32. The van der Waals surface area contributed by atoms with Crippen LogP contribution in [0, 0.1) is 5.82 Å². The summed E-state index contributed by atoms with van der Waals surface area (Å²) in [6.07, 6.45) is 0. The first-order valence-corrected chi connectivity index (χ1v) is 7.54. The summed E-state index contributed by atoms with van der Waals surface area (Å²) >= 11 is 5.74. The lowest BCUT2D eigenvalue weighted by atomic mass is 10.2. The lowest BCUT2D eigenvalue weighted by Crippen LogP contribution is -2.21. The summed E-state index contributed by atoms with van der Waals surface area (Å²) in [5, 5.41) is 3.64. The van der Waals surface area contributed by atoms with Crippen molar-refractivity contribution in [3.63, 3.8) is 0 Å². The van der Waals surface area contributed by atoms with Crippen LogP contribution in [0.15, 0.2) is 42.5 Å². The Hall–Kier alpha value is -1.74. The van der Waals surface area contributed by atoms with Crippen LogP contribution in [-0.4, -0.2) is 13.1 Å². The summed E-state index contributed by atoms with van der Waals surface area (Å²) in [5.41, 5.74) is 2.77. The minimum absolute atomic E-state index is 0.283. The van der Waals surface area contributed by atoms with Crippen molar-refractivity contribution in [3.8, 4) is 0 Å². The maximum Gasteiger partial charge on any atom is 0.129 e. The third-order valence-corrected chi connectivity index (χ3v) is 3.73. The molecule has 0 atom stereocenters. The molecule has 21 heavy (non-hydrogen) atoms. The second-order valence-electron chi connectivity index (χ2n) is 4.81. The van der Waals surface area contributed by atoms with Crippen LogP contribution in [0.4, 0.5) is 15.8 Å². The van der Waals surface area contributed by atoms with Crippen LogP contribution in [0.5, 0.6) is 0 Å². The molecule has 2 aromatic carbocycles. The van der Waals surface area contributed by atoms with Crippen LogP contribution >= 0.6 is 11.6 Å². The maximum absolute atomic E-state index is 13.7. The maximum atomic E-state index is 13.7. The molecular weight excluding hydrogens is 287 g/mol. The van der Waals surface area contributed by atoms with Gasteiger partial charge in [0.25, 0.3) is 0 Å². The van der Waals surface area contributed by atoms with Gasteiger partial charge in [-0.05, 0) is 50.2 Å². The van der Waals surface area contributed by atoms with E-state index >= 15 is 0 Å². The van der Waals surface area contributed by atoms with Crippen molar-refractivity contribution >= 4 is 23.0 Å². The van der Waals surface area contributed by atoms with Crippen LogP contribution in [0.1, 0.15) is 19.4 Å². The van der Waals surface area contributed by atoms with Gasteiger partial charge in [0.1, 0.15) is 5.82 Å². The molecule has 0 amide bonds. The average molecular weight is 307 g/mol. The summed E-state index contributed by atoms with van der Waals surface area (Å²) in [5.74, 6) is -0.283. The van der Waals surface area contributed by atoms with Gasteiger partial charge in [0.05, 0.1) is 0 Å². The summed E-state index contributed by atoms with van der Waals surface area (Å²) in [6.45, 7) is 6.68. The van der Waals surface area contributed by atoms with Crippen molar-refractivity contribution in [2.24, 2.45) is 0 Å². The van der Waals surface area contributed by atoms with Gasteiger partial charge >= 0.3 is 0 Å². The molecule has 0 fully saturated rings. The van der Waals surface area contributed by atoms with Gasteiger partial charge in [-0.25, -0.2) is 4.39 Å². The summed E-state index contributed by atoms with van der Waals surface area (Å²) in [6, 6.07) is 12.9. The van der Waals surface area contributed by atoms with E-state index in [0.29, 0.717) is 17.1 Å². The highest BCUT2D eigenvalue weighted by molar-refractivity contribution is 6.30. The minimum atomic E-state index is -0.283. The summed E-state index contributed by atoms with van der Waals surface area (Å²) in [4.78, 5) is 2.28. The minimum Gasteiger partial charge on any atom is -0.381 e. The SMILES string of the molecule is CCN(CC)c1ccc(NCc2ccc(Cl)cc2F)cc1. The number of hydrogen-bond acceptors (Lipinski definition) is 2. The van der Waals surface area contributed by atoms with E-state index < -0.39 is 0 Å². The molecule has 2 rings (SSSR count). The predicted octanol–water partition coefficient (Wildman–Crippen LogP) is 4.94. The number of hydrogen-bond donors (Lipinski definition) is 1. The highest BCUT2D eigenvalue weighted by Crippen LogP contribution is 2.19. The highest BCUT2D eigenvalue weighted by Gasteiger charge is 2.04. The molecule has 0 unspecified atom stereocenters. The van der Waals surface area contributed by atoms with Crippen LogP contribution in [-0.2, 0) is 6.54 Å². The van der Waals surface area contributed by atoms with Crippen LogP contribution < -0.4 is 10.2 Å². The van der Waals surface area contributed by atoms with Crippen LogP contribution in [0.2, 0.25) is 5.02 Å². The van der Waals surface area contributed by atoms with Crippen molar-refractivity contribution in [1.82, 2.24) is 0 Å². The molecule has 0 aliphatic heterocycles. The number of nitrogens with one attached hydrogen (secondary N) is 1. The molecule has 0 aliphatic carbocycles. The summed E-state index contributed by atoms with van der Waals surface area (Å²) < 4.78 is 13.7. The standard InChI is InChI=1S/C17H20ClFN2/c1-3-21(4-2)16-9-7-15(8-10-16)20-12-13-5-6-14(18)11-17(13)19/h5-11,20H,3-4,12H2,1-2H3. The molecule has 1 N–H and O–H groups in total. The Labute approximate surface area is 130 Å². The van der Waals surface area contributed by atoms with Gasteiger partial charge in [-0.3, -0.25) is 0 Å². The van der Waals surface area contributed by atoms with Crippen LogP contribution in [0.3, 0.4) is 0 Å². The molecule has 0 aliphatic rings. The molecule has 112 valence electrons. The first-order valence-electron chi connectivity index (χ1n) is 7.16. The quantitative estimate of drug-likeness (QED) is 0.813. The zero-order valence-electron chi connectivity index (χ0n) is 12.4. The Morgan fingerprint density at radius 2 is 1.71 bits per heavy atom. The normalized spacial score (nSPS) is 10.5. The van der Waals surface area contributed by atoms with E-state index in [1.54, 1.807) is 12.1 Å². The molecule has 2 nitrogen and oxygen atoms in total. The fourth-order valence-electron chi connectivity index (χ4n) is 2.24. The van der Waals surface area contributed by atoms with Crippen molar-refractivity contribution in [2.75, 3.05) is 23.3 Å². The second-order valence-corrected chi connectivity index (χ2v) is 5.24. The third kappa shape index (κ3) is 4.11. The van der Waals surface area contributed by atoms with E-state index in [0.717, 1.165) is 18.8 Å². The molecular formula is C17H20ClFN2. The van der Waals surface area contributed by atoms with Crippen LogP contribution in [0.25, 0.3) is 0 Å². The fraction of sp³-hybridized carbons (Fsp3) is 0.294. The van der Waals surface area contributed by atoms with Gasteiger partial charge in [-0.1, -0.05) is 17.7 Å². The van der Waals surface area contributed by atoms with E-state index in [9.17, 15) is 4.39 Å². The molecule has 0 saturated carbocycles. The molecule has 0 bridgehead atoms. The van der Waals surface area contributed by atoms with Gasteiger partial charge in [0, 0.05) is 41.6 Å². The first-order chi connectivity index (χ1) is 10.1. The van der Waals surface area contributed by atoms with Crippen molar-refractivity contribution in [1.29, 1.82) is 0 Å². The Bertz CT molecular complexity index is 580. The number of rotatable bonds is 6.